The van der Waals surface area contributed by atoms with Crippen molar-refractivity contribution in [2.45, 2.75) is 19.3 Å². The molecule has 2 heteroatoms. The molecule has 1 saturated heterocycles. The first kappa shape index (κ1) is 10.2. The molecule has 2 nitrogen and oxygen atoms in total. The number of methoxy groups -OCH3 is 1. The minimum atomic E-state index is 0.578. The van der Waals surface area contributed by atoms with Gasteiger partial charge < -0.3 is 10.1 Å². The summed E-state index contributed by atoms with van der Waals surface area (Å²) in [7, 11) is 1.72. The Morgan fingerprint density at radius 2 is 2.19 bits per heavy atom. The second kappa shape index (κ2) is 3.77. The van der Waals surface area contributed by atoms with Crippen molar-refractivity contribution in [1.29, 1.82) is 0 Å². The molecule has 1 heterocycles. The molecule has 1 N–H and O–H groups in total. The molecular weight excluding hydrogens is 198 g/mol. The van der Waals surface area contributed by atoms with Crippen LogP contribution < -0.4 is 10.1 Å². The number of nitrogens with one attached hydrogen (secondary N) is 1. The predicted molar refractivity (Wildman–Crippen MR) is 64.7 cm³/mol. The highest BCUT2D eigenvalue weighted by Crippen LogP contribution is 2.51. The lowest BCUT2D eigenvalue weighted by atomic mass is 9.59. The summed E-state index contributed by atoms with van der Waals surface area (Å²) < 4.78 is 5.19. The summed E-state index contributed by atoms with van der Waals surface area (Å²) in [6, 6.07) is 8.56. The van der Waals surface area contributed by atoms with E-state index in [-0.39, 0.29) is 0 Å². The molecule has 1 aliphatic heterocycles. The van der Waals surface area contributed by atoms with Gasteiger partial charge in [-0.15, -0.1) is 0 Å². The Morgan fingerprint density at radius 3 is 2.75 bits per heavy atom. The lowest BCUT2D eigenvalue weighted by Crippen LogP contribution is -2.41. The number of hydrogen-bond acceptors (Lipinski definition) is 2. The Balaban J connectivity index is 1.74. The van der Waals surface area contributed by atoms with Gasteiger partial charge in [-0.1, -0.05) is 12.1 Å². The molecule has 0 bridgehead atoms. The van der Waals surface area contributed by atoms with Crippen molar-refractivity contribution < 1.29 is 4.74 Å². The van der Waals surface area contributed by atoms with Gasteiger partial charge in [0.05, 0.1) is 7.11 Å². The molecule has 1 aliphatic carbocycles. The van der Waals surface area contributed by atoms with E-state index in [0.29, 0.717) is 5.41 Å². The third kappa shape index (κ3) is 1.52. The minimum Gasteiger partial charge on any atom is -0.497 e. The summed E-state index contributed by atoms with van der Waals surface area (Å²) in [4.78, 5) is 0. The second-order valence-electron chi connectivity index (χ2n) is 5.25. The fourth-order valence-electron chi connectivity index (χ4n) is 3.25. The van der Waals surface area contributed by atoms with Gasteiger partial charge in [0, 0.05) is 6.54 Å². The standard InChI is InChI=1S/C14H19NO/c1-16-13-4-2-11(3-5-13)8-14-7-6-12(14)9-15-10-14/h2-5,12,15H,6-10H2,1H3. The van der Waals surface area contributed by atoms with Crippen LogP contribution in [0.3, 0.4) is 0 Å². The third-order valence-corrected chi connectivity index (χ3v) is 4.44. The zero-order chi connectivity index (χ0) is 11.0. The van der Waals surface area contributed by atoms with Gasteiger partial charge in [0.1, 0.15) is 5.75 Å². The Bertz CT molecular complexity index is 373. The Morgan fingerprint density at radius 1 is 1.38 bits per heavy atom. The number of benzene rings is 1. The van der Waals surface area contributed by atoms with E-state index in [1.807, 2.05) is 0 Å². The molecule has 2 fully saturated rings. The van der Waals surface area contributed by atoms with E-state index in [0.717, 1.165) is 11.7 Å². The third-order valence-electron chi connectivity index (χ3n) is 4.44. The van der Waals surface area contributed by atoms with Crippen LogP contribution in [-0.2, 0) is 6.42 Å². The van der Waals surface area contributed by atoms with E-state index in [1.165, 1.54) is 37.9 Å². The van der Waals surface area contributed by atoms with E-state index in [1.54, 1.807) is 7.11 Å². The van der Waals surface area contributed by atoms with E-state index < -0.39 is 0 Å². The Kier molecular flexibility index (Phi) is 2.40. The van der Waals surface area contributed by atoms with Gasteiger partial charge in [-0.3, -0.25) is 0 Å². The summed E-state index contributed by atoms with van der Waals surface area (Å²) in [5.74, 6) is 1.88. The first-order valence-corrected chi connectivity index (χ1v) is 6.16. The van der Waals surface area contributed by atoms with Crippen molar-refractivity contribution in [3.63, 3.8) is 0 Å². The summed E-state index contributed by atoms with van der Waals surface area (Å²) in [6.07, 6.45) is 4.05. The van der Waals surface area contributed by atoms with Crippen LogP contribution in [0.4, 0.5) is 0 Å². The molecule has 3 rings (SSSR count). The maximum atomic E-state index is 5.19. The van der Waals surface area contributed by atoms with Crippen LogP contribution in [0.2, 0.25) is 0 Å². The van der Waals surface area contributed by atoms with Crippen LogP contribution in [0.25, 0.3) is 0 Å². The normalized spacial score (nSPS) is 31.9. The minimum absolute atomic E-state index is 0.578. The monoisotopic (exact) mass is 217 g/mol. The fraction of sp³-hybridized carbons (Fsp3) is 0.571. The van der Waals surface area contributed by atoms with E-state index in [4.69, 9.17) is 4.74 Å². The molecule has 2 aliphatic rings. The average Bonchev–Trinajstić information content (AvgIpc) is 2.58. The molecule has 2 unspecified atom stereocenters. The molecule has 0 radical (unpaired) electrons. The van der Waals surface area contributed by atoms with Gasteiger partial charge in [0.2, 0.25) is 0 Å². The van der Waals surface area contributed by atoms with Crippen molar-refractivity contribution in [2.24, 2.45) is 11.3 Å². The van der Waals surface area contributed by atoms with Crippen LogP contribution in [0.1, 0.15) is 18.4 Å². The predicted octanol–water partition coefficient (Wildman–Crippen LogP) is 2.24. The smallest absolute Gasteiger partial charge is 0.118 e. The van der Waals surface area contributed by atoms with Crippen LogP contribution in [0.15, 0.2) is 24.3 Å². The van der Waals surface area contributed by atoms with Crippen LogP contribution >= 0.6 is 0 Å². The largest absolute Gasteiger partial charge is 0.497 e. The van der Waals surface area contributed by atoms with Gasteiger partial charge >= 0.3 is 0 Å². The van der Waals surface area contributed by atoms with Crippen molar-refractivity contribution in [1.82, 2.24) is 5.32 Å². The molecule has 0 amide bonds. The van der Waals surface area contributed by atoms with Crippen LogP contribution in [-0.4, -0.2) is 20.2 Å². The lowest BCUT2D eigenvalue weighted by Gasteiger charge is -2.44. The van der Waals surface area contributed by atoms with Gasteiger partial charge in [0.15, 0.2) is 0 Å². The van der Waals surface area contributed by atoms with E-state index in [9.17, 15) is 0 Å². The first-order valence-electron chi connectivity index (χ1n) is 6.16. The highest BCUT2D eigenvalue weighted by molar-refractivity contribution is 5.28. The van der Waals surface area contributed by atoms with Crippen molar-refractivity contribution in [2.75, 3.05) is 20.2 Å². The summed E-state index contributed by atoms with van der Waals surface area (Å²) in [6.45, 7) is 2.44. The Hall–Kier alpha value is -1.02. The maximum Gasteiger partial charge on any atom is 0.118 e. The molecule has 1 aromatic carbocycles. The zero-order valence-electron chi connectivity index (χ0n) is 9.83. The van der Waals surface area contributed by atoms with E-state index >= 15 is 0 Å². The van der Waals surface area contributed by atoms with Gasteiger partial charge in [-0.05, 0) is 54.8 Å². The highest BCUT2D eigenvalue weighted by atomic mass is 16.5. The molecule has 0 aromatic heterocycles. The lowest BCUT2D eigenvalue weighted by molar-refractivity contribution is 0.0864. The van der Waals surface area contributed by atoms with Gasteiger partial charge in [-0.2, -0.15) is 0 Å². The van der Waals surface area contributed by atoms with Crippen LogP contribution in [0.5, 0.6) is 5.75 Å². The summed E-state index contributed by atoms with van der Waals surface area (Å²) in [5, 5.41) is 3.54. The molecule has 2 atom stereocenters. The van der Waals surface area contributed by atoms with Gasteiger partial charge in [-0.25, -0.2) is 0 Å². The maximum absolute atomic E-state index is 5.19. The number of rotatable bonds is 3. The number of hydrogen-bond donors (Lipinski definition) is 1. The number of fused-ring (bicyclic) bond motifs is 1. The quantitative estimate of drug-likeness (QED) is 0.838. The van der Waals surface area contributed by atoms with Gasteiger partial charge in [0.25, 0.3) is 0 Å². The van der Waals surface area contributed by atoms with Crippen molar-refractivity contribution >= 4 is 0 Å². The molecule has 1 saturated carbocycles. The SMILES string of the molecule is COc1ccc(CC23CCC2CNC3)cc1. The molecule has 16 heavy (non-hydrogen) atoms. The Labute approximate surface area is 97.0 Å². The summed E-state index contributed by atoms with van der Waals surface area (Å²) in [5.41, 5.74) is 2.03. The topological polar surface area (TPSA) is 21.3 Å². The zero-order valence-corrected chi connectivity index (χ0v) is 9.83. The number of ether oxygens (including phenoxy) is 1. The average molecular weight is 217 g/mol. The highest BCUT2D eigenvalue weighted by Gasteiger charge is 2.49. The van der Waals surface area contributed by atoms with Crippen molar-refractivity contribution in [3.05, 3.63) is 29.8 Å². The molecule has 0 spiro atoms. The van der Waals surface area contributed by atoms with Crippen molar-refractivity contribution in [3.8, 4) is 5.75 Å². The molecule has 86 valence electrons. The molecular formula is C14H19NO. The first-order chi connectivity index (χ1) is 7.82. The molecule has 1 aromatic rings. The summed E-state index contributed by atoms with van der Waals surface area (Å²) >= 11 is 0. The second-order valence-corrected chi connectivity index (χ2v) is 5.25. The van der Waals surface area contributed by atoms with Crippen LogP contribution in [0, 0.1) is 11.3 Å². The van der Waals surface area contributed by atoms with E-state index in [2.05, 4.69) is 29.6 Å². The fourth-order valence-corrected chi connectivity index (χ4v) is 3.25.